The number of benzene rings is 2. The zero-order valence-corrected chi connectivity index (χ0v) is 9.82. The normalized spacial score (nSPS) is 11.0. The van der Waals surface area contributed by atoms with Crippen molar-refractivity contribution in [2.24, 2.45) is 0 Å². The maximum absolute atomic E-state index is 10.2. The van der Waals surface area contributed by atoms with Crippen LogP contribution in [0.5, 0.6) is 11.5 Å². The maximum atomic E-state index is 10.2. The number of phenols is 1. The van der Waals surface area contributed by atoms with Crippen molar-refractivity contribution >= 4 is 10.8 Å². The minimum atomic E-state index is 0.315. The number of methoxy groups -OCH3 is 1. The first-order valence-electron chi connectivity index (χ1n) is 5.43. The summed E-state index contributed by atoms with van der Waals surface area (Å²) in [6, 6.07) is 9.74. The number of rotatable bonds is 2. The van der Waals surface area contributed by atoms with E-state index in [4.69, 9.17) is 4.74 Å². The van der Waals surface area contributed by atoms with E-state index in [1.54, 1.807) is 7.11 Å². The van der Waals surface area contributed by atoms with Crippen molar-refractivity contribution in [1.82, 2.24) is 0 Å². The van der Waals surface area contributed by atoms with Crippen molar-refractivity contribution in [3.63, 3.8) is 0 Å². The number of hydrogen-bond acceptors (Lipinski definition) is 2. The predicted octanol–water partition coefficient (Wildman–Crippen LogP) is 3.68. The number of ether oxygens (including phenoxy) is 1. The highest BCUT2D eigenvalue weighted by Gasteiger charge is 2.09. The van der Waals surface area contributed by atoms with E-state index in [0.29, 0.717) is 11.7 Å². The molecule has 0 heterocycles. The van der Waals surface area contributed by atoms with Crippen LogP contribution in [0.25, 0.3) is 10.8 Å². The Morgan fingerprint density at radius 3 is 2.44 bits per heavy atom. The first-order valence-corrected chi connectivity index (χ1v) is 5.43. The molecule has 0 aliphatic rings. The van der Waals surface area contributed by atoms with Gasteiger partial charge in [0.1, 0.15) is 11.5 Å². The van der Waals surface area contributed by atoms with Gasteiger partial charge in [-0.05, 0) is 29.0 Å². The van der Waals surface area contributed by atoms with Crippen LogP contribution in [0.3, 0.4) is 0 Å². The molecule has 0 unspecified atom stereocenters. The lowest BCUT2D eigenvalue weighted by Crippen LogP contribution is -1.89. The molecule has 0 amide bonds. The fourth-order valence-electron chi connectivity index (χ4n) is 1.89. The Hall–Kier alpha value is -1.70. The van der Waals surface area contributed by atoms with Crippen LogP contribution in [-0.2, 0) is 0 Å². The van der Waals surface area contributed by atoms with Gasteiger partial charge in [-0.2, -0.15) is 0 Å². The average molecular weight is 216 g/mol. The molecule has 0 aliphatic carbocycles. The minimum Gasteiger partial charge on any atom is -0.507 e. The Balaban J connectivity index is 2.70. The summed E-state index contributed by atoms with van der Waals surface area (Å²) >= 11 is 0. The molecule has 16 heavy (non-hydrogen) atoms. The van der Waals surface area contributed by atoms with Gasteiger partial charge in [-0.15, -0.1) is 0 Å². The number of phenolic OH excluding ortho intramolecular Hbond substituents is 1. The topological polar surface area (TPSA) is 29.5 Å². The van der Waals surface area contributed by atoms with Gasteiger partial charge in [0.2, 0.25) is 0 Å². The van der Waals surface area contributed by atoms with Crippen LogP contribution in [0, 0.1) is 0 Å². The second kappa shape index (κ2) is 4.05. The van der Waals surface area contributed by atoms with E-state index >= 15 is 0 Å². The van der Waals surface area contributed by atoms with Gasteiger partial charge in [0.05, 0.1) is 7.11 Å². The molecule has 2 nitrogen and oxygen atoms in total. The summed E-state index contributed by atoms with van der Waals surface area (Å²) in [5.74, 6) is 1.45. The van der Waals surface area contributed by atoms with Crippen LogP contribution in [0.15, 0.2) is 30.3 Å². The first kappa shape index (κ1) is 10.8. The van der Waals surface area contributed by atoms with E-state index in [9.17, 15) is 5.11 Å². The molecule has 2 rings (SSSR count). The van der Waals surface area contributed by atoms with Gasteiger partial charge in [0, 0.05) is 5.39 Å². The fourth-order valence-corrected chi connectivity index (χ4v) is 1.89. The van der Waals surface area contributed by atoms with Crippen molar-refractivity contribution in [3.8, 4) is 11.5 Å². The smallest absolute Gasteiger partial charge is 0.126 e. The molecule has 0 saturated carbocycles. The Morgan fingerprint density at radius 1 is 1.12 bits per heavy atom. The van der Waals surface area contributed by atoms with E-state index in [1.165, 1.54) is 0 Å². The molecule has 0 aromatic heterocycles. The summed E-state index contributed by atoms with van der Waals surface area (Å²) in [6.45, 7) is 4.14. The third kappa shape index (κ3) is 1.71. The largest absolute Gasteiger partial charge is 0.507 e. The highest BCUT2D eigenvalue weighted by atomic mass is 16.5. The van der Waals surface area contributed by atoms with E-state index < -0.39 is 0 Å². The predicted molar refractivity (Wildman–Crippen MR) is 66.3 cm³/mol. The average Bonchev–Trinajstić information content (AvgIpc) is 2.28. The van der Waals surface area contributed by atoms with Crippen molar-refractivity contribution in [2.75, 3.05) is 7.11 Å². The number of aromatic hydroxyl groups is 1. The van der Waals surface area contributed by atoms with Gasteiger partial charge in [0.15, 0.2) is 0 Å². The molecule has 2 aromatic rings. The zero-order valence-electron chi connectivity index (χ0n) is 9.82. The third-order valence-electron chi connectivity index (χ3n) is 2.85. The van der Waals surface area contributed by atoms with Gasteiger partial charge in [-0.25, -0.2) is 0 Å². The van der Waals surface area contributed by atoms with Crippen LogP contribution in [0.4, 0.5) is 0 Å². The SMILES string of the molecule is COc1ccc2ccc(C(C)C)c(O)c2c1. The van der Waals surface area contributed by atoms with Gasteiger partial charge in [-0.3, -0.25) is 0 Å². The molecular formula is C14H16O2. The standard InChI is InChI=1S/C14H16O2/c1-9(2)12-7-5-10-4-6-11(16-3)8-13(10)14(12)15/h4-9,15H,1-3H3. The van der Waals surface area contributed by atoms with Gasteiger partial charge in [-0.1, -0.05) is 32.0 Å². The van der Waals surface area contributed by atoms with Crippen LogP contribution in [-0.4, -0.2) is 12.2 Å². The van der Waals surface area contributed by atoms with Crippen LogP contribution < -0.4 is 4.74 Å². The number of hydrogen-bond donors (Lipinski definition) is 1. The van der Waals surface area contributed by atoms with Crippen LogP contribution >= 0.6 is 0 Å². The van der Waals surface area contributed by atoms with E-state index in [2.05, 4.69) is 13.8 Å². The molecule has 0 spiro atoms. The maximum Gasteiger partial charge on any atom is 0.126 e. The highest BCUT2D eigenvalue weighted by molar-refractivity contribution is 5.90. The first-order chi connectivity index (χ1) is 7.63. The highest BCUT2D eigenvalue weighted by Crippen LogP contribution is 2.34. The molecular weight excluding hydrogens is 200 g/mol. The minimum absolute atomic E-state index is 0.315. The lowest BCUT2D eigenvalue weighted by Gasteiger charge is -2.11. The van der Waals surface area contributed by atoms with Gasteiger partial charge < -0.3 is 9.84 Å². The Labute approximate surface area is 95.5 Å². The summed E-state index contributed by atoms with van der Waals surface area (Å²) in [5, 5.41) is 12.1. The zero-order chi connectivity index (χ0) is 11.7. The van der Waals surface area contributed by atoms with Crippen LogP contribution in [0.2, 0.25) is 0 Å². The van der Waals surface area contributed by atoms with Crippen molar-refractivity contribution < 1.29 is 9.84 Å². The summed E-state index contributed by atoms with van der Waals surface area (Å²) in [6.07, 6.45) is 0. The molecule has 1 N–H and O–H groups in total. The summed E-state index contributed by atoms with van der Waals surface area (Å²) in [5.41, 5.74) is 0.973. The molecule has 84 valence electrons. The Morgan fingerprint density at radius 2 is 1.81 bits per heavy atom. The summed E-state index contributed by atoms with van der Waals surface area (Å²) in [4.78, 5) is 0. The van der Waals surface area contributed by atoms with Crippen molar-refractivity contribution in [1.29, 1.82) is 0 Å². The number of fused-ring (bicyclic) bond motifs is 1. The molecule has 2 heteroatoms. The Kier molecular flexibility index (Phi) is 2.73. The van der Waals surface area contributed by atoms with E-state index in [-0.39, 0.29) is 0 Å². The quantitative estimate of drug-likeness (QED) is 0.829. The van der Waals surface area contributed by atoms with Crippen LogP contribution in [0.1, 0.15) is 25.3 Å². The molecule has 0 radical (unpaired) electrons. The summed E-state index contributed by atoms with van der Waals surface area (Å²) < 4.78 is 5.17. The molecule has 0 fully saturated rings. The second-order valence-electron chi connectivity index (χ2n) is 4.25. The molecule has 0 bridgehead atoms. The molecule has 0 atom stereocenters. The lowest BCUT2D eigenvalue weighted by molar-refractivity contribution is 0.415. The fraction of sp³-hybridized carbons (Fsp3) is 0.286. The van der Waals surface area contributed by atoms with Gasteiger partial charge >= 0.3 is 0 Å². The van der Waals surface area contributed by atoms with Gasteiger partial charge in [0.25, 0.3) is 0 Å². The van der Waals surface area contributed by atoms with Crippen molar-refractivity contribution in [3.05, 3.63) is 35.9 Å². The third-order valence-corrected chi connectivity index (χ3v) is 2.85. The lowest BCUT2D eigenvalue weighted by atomic mass is 9.97. The molecule has 0 saturated heterocycles. The monoisotopic (exact) mass is 216 g/mol. The molecule has 2 aromatic carbocycles. The molecule has 0 aliphatic heterocycles. The second-order valence-corrected chi connectivity index (χ2v) is 4.25. The Bertz CT molecular complexity index is 515. The van der Waals surface area contributed by atoms with E-state index in [0.717, 1.165) is 22.1 Å². The summed E-state index contributed by atoms with van der Waals surface area (Å²) in [7, 11) is 1.63. The van der Waals surface area contributed by atoms with E-state index in [1.807, 2.05) is 30.3 Å². The van der Waals surface area contributed by atoms with Crippen molar-refractivity contribution in [2.45, 2.75) is 19.8 Å².